The topological polar surface area (TPSA) is 82.6 Å². The summed E-state index contributed by atoms with van der Waals surface area (Å²) < 4.78 is 18.3. The number of nitrogens with one attached hydrogen (secondary N) is 1. The molecule has 2 aromatic carbocycles. The van der Waals surface area contributed by atoms with Crippen molar-refractivity contribution in [1.29, 1.82) is 0 Å². The third-order valence-electron chi connectivity index (χ3n) is 4.55. The molecule has 0 aliphatic heterocycles. The number of ether oxygens (including phenoxy) is 3. The molecule has 0 radical (unpaired) electrons. The van der Waals surface area contributed by atoms with Gasteiger partial charge in [0.1, 0.15) is 5.69 Å². The summed E-state index contributed by atoms with van der Waals surface area (Å²) in [6.45, 7) is 2.57. The van der Waals surface area contributed by atoms with Crippen molar-refractivity contribution in [2.45, 2.75) is 32.8 Å². The second-order valence-corrected chi connectivity index (χ2v) is 6.78. The highest BCUT2D eigenvalue weighted by atomic mass is 16.7. The maximum Gasteiger partial charge on any atom is 0.356 e. The molecule has 0 spiro atoms. The van der Waals surface area contributed by atoms with Crippen LogP contribution in [-0.4, -0.2) is 28.6 Å². The number of carbonyl (C=O) groups excluding carboxylic acids is 1. The maximum atomic E-state index is 12.6. The Hall–Kier alpha value is -3.16. The van der Waals surface area contributed by atoms with Gasteiger partial charge in [-0.2, -0.15) is 0 Å². The average Bonchev–Trinajstić information content (AvgIpc) is 3.05. The molecular weight excluding hydrogens is 384 g/mol. The van der Waals surface area contributed by atoms with Gasteiger partial charge in [0, 0.05) is 13.5 Å². The Morgan fingerprint density at radius 3 is 2.00 bits per heavy atom. The maximum absolute atomic E-state index is 12.6. The van der Waals surface area contributed by atoms with Gasteiger partial charge in [-0.3, -0.25) is 14.6 Å². The van der Waals surface area contributed by atoms with Crippen LogP contribution in [0.15, 0.2) is 65.5 Å². The normalized spacial score (nSPS) is 11.0. The third-order valence-corrected chi connectivity index (χ3v) is 4.55. The summed E-state index contributed by atoms with van der Waals surface area (Å²) in [6.07, 6.45) is -0.605. The summed E-state index contributed by atoms with van der Waals surface area (Å²) in [5.41, 5.74) is 2.06. The van der Waals surface area contributed by atoms with Crippen LogP contribution in [0, 0.1) is 0 Å². The molecule has 0 aliphatic rings. The molecule has 0 saturated heterocycles. The van der Waals surface area contributed by atoms with E-state index >= 15 is 0 Å². The van der Waals surface area contributed by atoms with Gasteiger partial charge in [0.05, 0.1) is 25.4 Å². The van der Waals surface area contributed by atoms with Crippen molar-refractivity contribution in [1.82, 2.24) is 9.78 Å². The third kappa shape index (κ3) is 5.68. The van der Waals surface area contributed by atoms with Crippen LogP contribution in [-0.2, 0) is 40.9 Å². The summed E-state index contributed by atoms with van der Waals surface area (Å²) in [4.78, 5) is 24.9. The molecule has 3 rings (SSSR count). The van der Waals surface area contributed by atoms with E-state index in [2.05, 4.69) is 5.10 Å². The van der Waals surface area contributed by atoms with E-state index < -0.39 is 12.3 Å². The standard InChI is InChI=1S/C23H26N2O5/c1-3-28-23(27)21-19(22(26)25(2)24-21)14-20(29-15-17-10-6-4-7-11-17)30-16-18-12-8-5-9-13-18/h4-13,20,24H,3,14-16H2,1-2H3. The first-order valence-electron chi connectivity index (χ1n) is 9.84. The number of hydrogen-bond acceptors (Lipinski definition) is 5. The predicted octanol–water partition coefficient (Wildman–Crippen LogP) is 3.19. The molecule has 158 valence electrons. The van der Waals surface area contributed by atoms with Crippen LogP contribution in [0.5, 0.6) is 0 Å². The lowest BCUT2D eigenvalue weighted by molar-refractivity contribution is -0.155. The number of hydrogen-bond donors (Lipinski definition) is 1. The Morgan fingerprint density at radius 2 is 1.50 bits per heavy atom. The zero-order valence-corrected chi connectivity index (χ0v) is 17.2. The lowest BCUT2D eigenvalue weighted by Gasteiger charge is -2.19. The van der Waals surface area contributed by atoms with E-state index in [1.165, 1.54) is 4.68 Å². The predicted molar refractivity (Wildman–Crippen MR) is 112 cm³/mol. The van der Waals surface area contributed by atoms with Crippen molar-refractivity contribution < 1.29 is 19.0 Å². The number of carbonyl (C=O) groups is 1. The van der Waals surface area contributed by atoms with E-state index in [0.29, 0.717) is 13.2 Å². The number of esters is 1. The quantitative estimate of drug-likeness (QED) is 0.410. The Kier molecular flexibility index (Phi) is 7.59. The smallest absolute Gasteiger partial charge is 0.356 e. The number of aryl methyl sites for hydroxylation is 1. The number of rotatable bonds is 10. The first-order chi connectivity index (χ1) is 14.6. The van der Waals surface area contributed by atoms with Gasteiger partial charge in [-0.05, 0) is 18.1 Å². The first kappa shape index (κ1) is 21.5. The van der Waals surface area contributed by atoms with Crippen molar-refractivity contribution >= 4 is 5.97 Å². The van der Waals surface area contributed by atoms with Crippen LogP contribution in [0.1, 0.15) is 34.1 Å². The summed E-state index contributed by atoms with van der Waals surface area (Å²) in [6, 6.07) is 19.4. The zero-order chi connectivity index (χ0) is 21.3. The lowest BCUT2D eigenvalue weighted by Crippen LogP contribution is -2.25. The Balaban J connectivity index is 1.79. The second-order valence-electron chi connectivity index (χ2n) is 6.78. The molecule has 0 atom stereocenters. The molecule has 7 nitrogen and oxygen atoms in total. The molecule has 0 bridgehead atoms. The van der Waals surface area contributed by atoms with Crippen LogP contribution < -0.4 is 5.56 Å². The Morgan fingerprint density at radius 1 is 0.967 bits per heavy atom. The Bertz CT molecular complexity index is 952. The number of benzene rings is 2. The SMILES string of the molecule is CCOC(=O)c1[nH]n(C)c(=O)c1CC(OCc1ccccc1)OCc1ccccc1. The fraction of sp³-hybridized carbons (Fsp3) is 0.304. The minimum Gasteiger partial charge on any atom is -0.461 e. The van der Waals surface area contributed by atoms with Gasteiger partial charge in [-0.1, -0.05) is 60.7 Å². The molecule has 7 heteroatoms. The van der Waals surface area contributed by atoms with Crippen molar-refractivity contribution in [3.8, 4) is 0 Å². The molecule has 0 aliphatic carbocycles. The minimum absolute atomic E-state index is 0.115. The van der Waals surface area contributed by atoms with Crippen LogP contribution in [0.2, 0.25) is 0 Å². The van der Waals surface area contributed by atoms with Crippen molar-refractivity contribution in [2.24, 2.45) is 7.05 Å². The summed E-state index contributed by atoms with van der Waals surface area (Å²) in [5.74, 6) is -0.574. The monoisotopic (exact) mass is 410 g/mol. The fourth-order valence-corrected chi connectivity index (χ4v) is 3.02. The molecule has 3 aromatic rings. The molecule has 1 aromatic heterocycles. The Labute approximate surface area is 175 Å². The van der Waals surface area contributed by atoms with Crippen LogP contribution >= 0.6 is 0 Å². The van der Waals surface area contributed by atoms with Gasteiger partial charge < -0.3 is 14.2 Å². The number of aromatic nitrogens is 2. The molecule has 0 fully saturated rings. The average molecular weight is 410 g/mol. The first-order valence-corrected chi connectivity index (χ1v) is 9.84. The van der Waals surface area contributed by atoms with E-state index in [1.54, 1.807) is 14.0 Å². The molecule has 1 N–H and O–H groups in total. The highest BCUT2D eigenvalue weighted by Crippen LogP contribution is 2.14. The highest BCUT2D eigenvalue weighted by Gasteiger charge is 2.24. The fourth-order valence-electron chi connectivity index (χ4n) is 3.02. The molecule has 1 heterocycles. The largest absolute Gasteiger partial charge is 0.461 e. The van der Waals surface area contributed by atoms with E-state index in [1.807, 2.05) is 60.7 Å². The van der Waals surface area contributed by atoms with E-state index in [-0.39, 0.29) is 29.8 Å². The van der Waals surface area contributed by atoms with Gasteiger partial charge in [0.2, 0.25) is 0 Å². The van der Waals surface area contributed by atoms with Crippen molar-refractivity contribution in [2.75, 3.05) is 6.61 Å². The molecule has 30 heavy (non-hydrogen) atoms. The van der Waals surface area contributed by atoms with E-state index in [4.69, 9.17) is 14.2 Å². The van der Waals surface area contributed by atoms with Crippen molar-refractivity contribution in [3.05, 3.63) is 93.4 Å². The van der Waals surface area contributed by atoms with E-state index in [0.717, 1.165) is 11.1 Å². The van der Waals surface area contributed by atoms with E-state index in [9.17, 15) is 9.59 Å². The van der Waals surface area contributed by atoms with Crippen LogP contribution in [0.4, 0.5) is 0 Å². The summed E-state index contributed by atoms with van der Waals surface area (Å²) in [7, 11) is 1.55. The van der Waals surface area contributed by atoms with Gasteiger partial charge >= 0.3 is 5.97 Å². The minimum atomic E-state index is -0.720. The number of H-pyrrole nitrogens is 1. The molecular formula is C23H26N2O5. The molecule has 0 saturated carbocycles. The van der Waals surface area contributed by atoms with Gasteiger partial charge in [0.15, 0.2) is 6.29 Å². The summed E-state index contributed by atoms with van der Waals surface area (Å²) in [5, 5.41) is 2.77. The molecule has 0 amide bonds. The second kappa shape index (κ2) is 10.6. The van der Waals surface area contributed by atoms with Crippen LogP contribution in [0.25, 0.3) is 0 Å². The highest BCUT2D eigenvalue weighted by molar-refractivity contribution is 5.88. The lowest BCUT2D eigenvalue weighted by atomic mass is 10.1. The molecule has 0 unspecified atom stereocenters. The van der Waals surface area contributed by atoms with Crippen LogP contribution in [0.3, 0.4) is 0 Å². The summed E-state index contributed by atoms with van der Waals surface area (Å²) >= 11 is 0. The van der Waals surface area contributed by atoms with Gasteiger partial charge in [-0.25, -0.2) is 4.79 Å². The number of nitrogens with zero attached hydrogens (tertiary/aromatic N) is 1. The van der Waals surface area contributed by atoms with Gasteiger partial charge in [-0.15, -0.1) is 0 Å². The van der Waals surface area contributed by atoms with Crippen molar-refractivity contribution in [3.63, 3.8) is 0 Å². The number of aromatic amines is 1. The zero-order valence-electron chi connectivity index (χ0n) is 17.2. The van der Waals surface area contributed by atoms with Gasteiger partial charge in [0.25, 0.3) is 5.56 Å².